The molecule has 2 N–H and O–H groups in total. The van der Waals surface area contributed by atoms with Gasteiger partial charge in [0.2, 0.25) is 0 Å². The molecule has 1 aromatic rings. The summed E-state index contributed by atoms with van der Waals surface area (Å²) < 4.78 is 37.4. The number of nitrogens with one attached hydrogen (secondary N) is 1. The molecule has 1 unspecified atom stereocenters. The Morgan fingerprint density at radius 1 is 1.29 bits per heavy atom. The van der Waals surface area contributed by atoms with E-state index >= 15 is 0 Å². The monoisotopic (exact) mass is 344 g/mol. The fourth-order valence-electron chi connectivity index (χ4n) is 2.87. The number of hydrogen-bond donors (Lipinski definition) is 2. The van der Waals surface area contributed by atoms with Crippen molar-refractivity contribution in [1.82, 2.24) is 10.2 Å². The van der Waals surface area contributed by atoms with Crippen molar-refractivity contribution in [3.63, 3.8) is 0 Å². The van der Waals surface area contributed by atoms with Gasteiger partial charge in [0.25, 0.3) is 0 Å². The number of piperidine rings is 1. The smallest absolute Gasteiger partial charge is 0.393 e. The van der Waals surface area contributed by atoms with Crippen LogP contribution in [0.25, 0.3) is 0 Å². The number of nitrogens with zero attached hydrogens (tertiary/aromatic N) is 1. The van der Waals surface area contributed by atoms with E-state index in [1.165, 1.54) is 12.1 Å². The first-order valence-electron chi connectivity index (χ1n) is 8.14. The molecule has 4 nitrogen and oxygen atoms in total. The van der Waals surface area contributed by atoms with Crippen LogP contribution < -0.4 is 5.32 Å². The molecule has 1 heterocycles. The highest BCUT2D eigenvalue weighted by Gasteiger charge is 2.30. The predicted molar refractivity (Wildman–Crippen MR) is 84.5 cm³/mol. The summed E-state index contributed by atoms with van der Waals surface area (Å²) in [5, 5.41) is 12.3. The first kappa shape index (κ1) is 18.6. The van der Waals surface area contributed by atoms with Crippen molar-refractivity contribution in [2.45, 2.75) is 38.5 Å². The molecule has 1 saturated heterocycles. The van der Waals surface area contributed by atoms with Gasteiger partial charge in [-0.1, -0.05) is 12.1 Å². The first-order valence-corrected chi connectivity index (χ1v) is 8.14. The summed E-state index contributed by atoms with van der Waals surface area (Å²) >= 11 is 0. The van der Waals surface area contributed by atoms with Crippen molar-refractivity contribution >= 4 is 6.03 Å². The zero-order valence-corrected chi connectivity index (χ0v) is 13.6. The van der Waals surface area contributed by atoms with E-state index in [1.54, 1.807) is 11.8 Å². The Hall–Kier alpha value is -1.76. The number of aliphatic hydroxyl groups excluding tert-OH is 1. The van der Waals surface area contributed by atoms with Crippen LogP contribution in [0.4, 0.5) is 18.0 Å². The first-order chi connectivity index (χ1) is 11.3. The maximum absolute atomic E-state index is 12.5. The minimum absolute atomic E-state index is 0.161. The fourth-order valence-corrected chi connectivity index (χ4v) is 2.87. The number of benzene rings is 1. The molecule has 1 atom stereocenters. The molecule has 7 heteroatoms. The second kappa shape index (κ2) is 7.88. The number of halogens is 3. The minimum atomic E-state index is -4.33. The van der Waals surface area contributed by atoms with Gasteiger partial charge in [-0.15, -0.1) is 0 Å². The average Bonchev–Trinajstić information content (AvgIpc) is 2.54. The van der Waals surface area contributed by atoms with Gasteiger partial charge < -0.3 is 15.3 Å². The van der Waals surface area contributed by atoms with E-state index in [0.29, 0.717) is 26.1 Å². The predicted octanol–water partition coefficient (Wildman–Crippen LogP) is 3.05. The van der Waals surface area contributed by atoms with Gasteiger partial charge in [0.05, 0.1) is 11.7 Å². The highest BCUT2D eigenvalue weighted by Crippen LogP contribution is 2.29. The molecule has 1 aliphatic heterocycles. The van der Waals surface area contributed by atoms with Crippen LogP contribution in [0.5, 0.6) is 0 Å². The van der Waals surface area contributed by atoms with Gasteiger partial charge >= 0.3 is 12.2 Å². The van der Waals surface area contributed by atoms with Crippen LogP contribution in [0.15, 0.2) is 24.3 Å². The number of carbonyl (C=O) groups is 1. The maximum atomic E-state index is 12.5. The van der Waals surface area contributed by atoms with Gasteiger partial charge in [0, 0.05) is 19.6 Å². The topological polar surface area (TPSA) is 52.6 Å². The fraction of sp³-hybridized carbons (Fsp3) is 0.588. The number of hydrogen-bond acceptors (Lipinski definition) is 2. The van der Waals surface area contributed by atoms with Gasteiger partial charge in [-0.3, -0.25) is 0 Å². The second-order valence-corrected chi connectivity index (χ2v) is 6.24. The molecule has 24 heavy (non-hydrogen) atoms. The van der Waals surface area contributed by atoms with Crippen molar-refractivity contribution in [2.24, 2.45) is 5.92 Å². The number of likely N-dealkylation sites (tertiary alicyclic amines) is 1. The lowest BCUT2D eigenvalue weighted by molar-refractivity contribution is -0.137. The molecule has 1 fully saturated rings. The van der Waals surface area contributed by atoms with Crippen LogP contribution in [-0.4, -0.2) is 41.8 Å². The highest BCUT2D eigenvalue weighted by atomic mass is 19.4. The summed E-state index contributed by atoms with van der Waals surface area (Å²) in [5.74, 6) is 0.237. The van der Waals surface area contributed by atoms with E-state index < -0.39 is 11.7 Å². The second-order valence-electron chi connectivity index (χ2n) is 6.24. The Labute approximate surface area is 139 Å². The Morgan fingerprint density at radius 2 is 1.88 bits per heavy atom. The summed E-state index contributed by atoms with van der Waals surface area (Å²) in [7, 11) is 0. The van der Waals surface area contributed by atoms with Crippen LogP contribution in [0.1, 0.15) is 30.9 Å². The Morgan fingerprint density at radius 3 is 2.38 bits per heavy atom. The van der Waals surface area contributed by atoms with E-state index in [1.807, 2.05) is 0 Å². The molecular weight excluding hydrogens is 321 g/mol. The molecule has 134 valence electrons. The van der Waals surface area contributed by atoms with E-state index in [-0.39, 0.29) is 18.1 Å². The number of urea groups is 1. The summed E-state index contributed by atoms with van der Waals surface area (Å²) in [6, 6.07) is 4.81. The van der Waals surface area contributed by atoms with Gasteiger partial charge in [0.1, 0.15) is 0 Å². The number of amides is 2. The summed E-state index contributed by atoms with van der Waals surface area (Å²) in [4.78, 5) is 13.8. The van der Waals surface area contributed by atoms with E-state index in [2.05, 4.69) is 5.32 Å². The van der Waals surface area contributed by atoms with Crippen molar-refractivity contribution in [1.29, 1.82) is 0 Å². The Kier molecular flexibility index (Phi) is 6.10. The number of aliphatic hydroxyl groups is 1. The summed E-state index contributed by atoms with van der Waals surface area (Å²) in [6.07, 6.45) is -2.64. The lowest BCUT2D eigenvalue weighted by atomic mass is 9.92. The van der Waals surface area contributed by atoms with Crippen LogP contribution in [0.2, 0.25) is 0 Å². The quantitative estimate of drug-likeness (QED) is 0.882. The molecule has 0 aromatic heterocycles. The molecule has 0 saturated carbocycles. The molecule has 1 aliphatic rings. The maximum Gasteiger partial charge on any atom is 0.416 e. The van der Waals surface area contributed by atoms with E-state index in [4.69, 9.17) is 0 Å². The van der Waals surface area contributed by atoms with Crippen LogP contribution >= 0.6 is 0 Å². The molecule has 0 spiro atoms. The van der Waals surface area contributed by atoms with Gasteiger partial charge in [-0.05, 0) is 49.8 Å². The minimum Gasteiger partial charge on any atom is -0.393 e. The van der Waals surface area contributed by atoms with Crippen LogP contribution in [-0.2, 0) is 12.6 Å². The van der Waals surface area contributed by atoms with Gasteiger partial charge in [-0.25, -0.2) is 4.79 Å². The SMILES string of the molecule is CC(O)C1CCN(C(=O)NCCc2ccc(C(F)(F)F)cc2)CC1. The third kappa shape index (κ3) is 5.12. The molecule has 2 rings (SSSR count). The Bertz CT molecular complexity index is 536. The number of alkyl halides is 3. The highest BCUT2D eigenvalue weighted by molar-refractivity contribution is 5.74. The molecule has 0 aliphatic carbocycles. The molecule has 2 amide bonds. The van der Waals surface area contributed by atoms with Crippen molar-refractivity contribution < 1.29 is 23.1 Å². The van der Waals surface area contributed by atoms with Crippen LogP contribution in [0.3, 0.4) is 0 Å². The standard InChI is InChI=1S/C17H23F3N2O2/c1-12(23)14-7-10-22(11-8-14)16(24)21-9-6-13-2-4-15(5-3-13)17(18,19)20/h2-5,12,14,23H,6-11H2,1H3,(H,21,24). The third-order valence-corrected chi connectivity index (χ3v) is 4.48. The van der Waals surface area contributed by atoms with Crippen molar-refractivity contribution in [3.05, 3.63) is 35.4 Å². The van der Waals surface area contributed by atoms with Crippen LogP contribution in [0, 0.1) is 5.92 Å². The Balaban J connectivity index is 1.73. The normalized spacial score (nSPS) is 17.6. The van der Waals surface area contributed by atoms with Crippen molar-refractivity contribution in [2.75, 3.05) is 19.6 Å². The largest absolute Gasteiger partial charge is 0.416 e. The molecule has 1 aromatic carbocycles. The van der Waals surface area contributed by atoms with Gasteiger partial charge in [0.15, 0.2) is 0 Å². The third-order valence-electron chi connectivity index (χ3n) is 4.48. The molecule has 0 radical (unpaired) electrons. The summed E-state index contributed by atoms with van der Waals surface area (Å²) in [6.45, 7) is 3.37. The molecular formula is C17H23F3N2O2. The number of rotatable bonds is 4. The average molecular weight is 344 g/mol. The lowest BCUT2D eigenvalue weighted by Gasteiger charge is -2.33. The van der Waals surface area contributed by atoms with Crippen molar-refractivity contribution in [3.8, 4) is 0 Å². The zero-order chi connectivity index (χ0) is 17.7. The summed E-state index contributed by atoms with van der Waals surface area (Å²) in [5.41, 5.74) is 0.0763. The lowest BCUT2D eigenvalue weighted by Crippen LogP contribution is -2.46. The number of carbonyl (C=O) groups excluding carboxylic acids is 1. The van der Waals surface area contributed by atoms with E-state index in [0.717, 1.165) is 30.5 Å². The molecule has 0 bridgehead atoms. The van der Waals surface area contributed by atoms with E-state index in [9.17, 15) is 23.1 Å². The zero-order valence-electron chi connectivity index (χ0n) is 13.6. The van der Waals surface area contributed by atoms with Gasteiger partial charge in [-0.2, -0.15) is 13.2 Å².